The second-order valence-electron chi connectivity index (χ2n) is 3.92. The molecule has 0 aromatic rings. The molecule has 0 unspecified atom stereocenters. The molecule has 0 saturated carbocycles. The van der Waals surface area contributed by atoms with Crippen molar-refractivity contribution in [3.8, 4) is 0 Å². The van der Waals surface area contributed by atoms with Crippen LogP contribution >= 0.6 is 0 Å². The molecule has 0 aromatic carbocycles. The number of hydrogen-bond donors (Lipinski definition) is 0. The molecular weight excluding hydrogens is 196 g/mol. The maximum Gasteiger partial charge on any atom is 0.150 e. The van der Waals surface area contributed by atoms with Gasteiger partial charge >= 0.3 is 0 Å². The first-order valence-electron chi connectivity index (χ1n) is 6.29. The van der Waals surface area contributed by atoms with Crippen molar-refractivity contribution in [1.29, 1.82) is 0 Å². The van der Waals surface area contributed by atoms with Gasteiger partial charge in [-0.1, -0.05) is 63.0 Å². The fourth-order valence-corrected chi connectivity index (χ4v) is 1.47. The van der Waals surface area contributed by atoms with Gasteiger partial charge in [0.2, 0.25) is 0 Å². The topological polar surface area (TPSA) is 17.1 Å². The molecule has 0 rings (SSSR count). The van der Waals surface area contributed by atoms with Crippen molar-refractivity contribution >= 4 is 6.29 Å². The fourth-order valence-electron chi connectivity index (χ4n) is 1.47. The van der Waals surface area contributed by atoms with E-state index in [1.54, 1.807) is 0 Å². The van der Waals surface area contributed by atoms with E-state index in [1.807, 2.05) is 31.2 Å². The SMILES string of the molecule is C/C=C/C(C=O)=C/C=C/CCCCCCC. The number of hydrogen-bond acceptors (Lipinski definition) is 1. The molecule has 16 heavy (non-hydrogen) atoms. The fraction of sp³-hybridized carbons (Fsp3) is 0.533. The van der Waals surface area contributed by atoms with Gasteiger partial charge < -0.3 is 0 Å². The third-order valence-electron chi connectivity index (χ3n) is 2.39. The zero-order chi connectivity index (χ0) is 12.1. The van der Waals surface area contributed by atoms with Crippen molar-refractivity contribution in [1.82, 2.24) is 0 Å². The van der Waals surface area contributed by atoms with Crippen LogP contribution in [-0.4, -0.2) is 6.29 Å². The largest absolute Gasteiger partial charge is 0.298 e. The summed E-state index contributed by atoms with van der Waals surface area (Å²) in [5.74, 6) is 0. The van der Waals surface area contributed by atoms with Gasteiger partial charge in [0, 0.05) is 5.57 Å². The molecule has 0 radical (unpaired) electrons. The molecule has 0 amide bonds. The standard InChI is InChI=1S/C15H24O/c1-3-5-6-7-8-9-10-11-13-15(14-16)12-4-2/h4,10-14H,3,5-9H2,1-2H3/b11-10+,12-4+,15-13-. The highest BCUT2D eigenvalue weighted by atomic mass is 16.1. The molecule has 0 aromatic heterocycles. The summed E-state index contributed by atoms with van der Waals surface area (Å²) in [4.78, 5) is 10.6. The Balaban J connectivity index is 3.63. The average Bonchev–Trinajstić information content (AvgIpc) is 2.31. The van der Waals surface area contributed by atoms with Gasteiger partial charge in [0.05, 0.1) is 0 Å². The molecule has 0 aliphatic heterocycles. The second-order valence-corrected chi connectivity index (χ2v) is 3.92. The number of carbonyl (C=O) groups is 1. The van der Waals surface area contributed by atoms with Crippen LogP contribution in [-0.2, 0) is 4.79 Å². The molecule has 0 N–H and O–H groups in total. The molecule has 0 spiro atoms. The number of aldehydes is 1. The smallest absolute Gasteiger partial charge is 0.150 e. The lowest BCUT2D eigenvalue weighted by Crippen LogP contribution is -1.77. The van der Waals surface area contributed by atoms with E-state index in [1.165, 1.54) is 32.1 Å². The first-order valence-corrected chi connectivity index (χ1v) is 6.29. The van der Waals surface area contributed by atoms with Crippen LogP contribution in [0, 0.1) is 0 Å². The summed E-state index contributed by atoms with van der Waals surface area (Å²) >= 11 is 0. The predicted molar refractivity (Wildman–Crippen MR) is 71.5 cm³/mol. The monoisotopic (exact) mass is 220 g/mol. The van der Waals surface area contributed by atoms with Crippen LogP contribution in [0.5, 0.6) is 0 Å². The summed E-state index contributed by atoms with van der Waals surface area (Å²) < 4.78 is 0. The average molecular weight is 220 g/mol. The summed E-state index contributed by atoms with van der Waals surface area (Å²) in [5.41, 5.74) is 0.727. The van der Waals surface area contributed by atoms with E-state index in [2.05, 4.69) is 13.0 Å². The summed E-state index contributed by atoms with van der Waals surface area (Å²) in [7, 11) is 0. The number of allylic oxidation sites excluding steroid dienone is 6. The Hall–Kier alpha value is -1.11. The highest BCUT2D eigenvalue weighted by Gasteiger charge is 1.86. The minimum Gasteiger partial charge on any atom is -0.298 e. The lowest BCUT2D eigenvalue weighted by molar-refractivity contribution is -0.104. The van der Waals surface area contributed by atoms with Crippen molar-refractivity contribution in [3.63, 3.8) is 0 Å². The zero-order valence-electron chi connectivity index (χ0n) is 10.6. The van der Waals surface area contributed by atoms with Gasteiger partial charge in [-0.05, 0) is 19.8 Å². The highest BCUT2D eigenvalue weighted by Crippen LogP contribution is 2.05. The van der Waals surface area contributed by atoms with Gasteiger partial charge in [0.25, 0.3) is 0 Å². The Morgan fingerprint density at radius 3 is 2.50 bits per heavy atom. The lowest BCUT2D eigenvalue weighted by Gasteiger charge is -1.95. The van der Waals surface area contributed by atoms with E-state index in [0.29, 0.717) is 0 Å². The van der Waals surface area contributed by atoms with Crippen LogP contribution in [0.2, 0.25) is 0 Å². The number of rotatable bonds is 9. The molecule has 0 aliphatic rings. The molecule has 1 heteroatoms. The first kappa shape index (κ1) is 14.9. The summed E-state index contributed by atoms with van der Waals surface area (Å²) in [6.45, 7) is 4.14. The molecule has 0 atom stereocenters. The molecule has 90 valence electrons. The maximum absolute atomic E-state index is 10.6. The summed E-state index contributed by atoms with van der Waals surface area (Å²) in [5, 5.41) is 0. The molecule has 0 saturated heterocycles. The van der Waals surface area contributed by atoms with Crippen molar-refractivity contribution in [2.24, 2.45) is 0 Å². The van der Waals surface area contributed by atoms with E-state index in [0.717, 1.165) is 18.3 Å². The van der Waals surface area contributed by atoms with Crippen LogP contribution in [0.1, 0.15) is 52.4 Å². The van der Waals surface area contributed by atoms with Crippen molar-refractivity contribution in [2.45, 2.75) is 52.4 Å². The zero-order valence-corrected chi connectivity index (χ0v) is 10.6. The number of carbonyl (C=O) groups excluding carboxylic acids is 1. The van der Waals surface area contributed by atoms with E-state index in [9.17, 15) is 4.79 Å². The Morgan fingerprint density at radius 2 is 1.88 bits per heavy atom. The van der Waals surface area contributed by atoms with Gasteiger partial charge in [0.15, 0.2) is 0 Å². The third-order valence-corrected chi connectivity index (χ3v) is 2.39. The van der Waals surface area contributed by atoms with Crippen molar-refractivity contribution < 1.29 is 4.79 Å². The van der Waals surface area contributed by atoms with Crippen molar-refractivity contribution in [3.05, 3.63) is 36.0 Å². The van der Waals surface area contributed by atoms with E-state index >= 15 is 0 Å². The van der Waals surface area contributed by atoms with E-state index < -0.39 is 0 Å². The van der Waals surface area contributed by atoms with Crippen LogP contribution < -0.4 is 0 Å². The van der Waals surface area contributed by atoms with Gasteiger partial charge in [-0.3, -0.25) is 4.79 Å². The van der Waals surface area contributed by atoms with Crippen LogP contribution in [0.15, 0.2) is 36.0 Å². The van der Waals surface area contributed by atoms with Gasteiger partial charge in [-0.25, -0.2) is 0 Å². The van der Waals surface area contributed by atoms with E-state index in [4.69, 9.17) is 0 Å². The Labute approximate surface area is 99.9 Å². The first-order chi connectivity index (χ1) is 7.85. The Morgan fingerprint density at radius 1 is 1.12 bits per heavy atom. The molecule has 0 heterocycles. The van der Waals surface area contributed by atoms with E-state index in [-0.39, 0.29) is 0 Å². The molecule has 0 fully saturated rings. The molecular formula is C15H24O. The minimum atomic E-state index is 0.727. The summed E-state index contributed by atoms with van der Waals surface area (Å²) in [6, 6.07) is 0. The van der Waals surface area contributed by atoms with Crippen LogP contribution in [0.25, 0.3) is 0 Å². The lowest BCUT2D eigenvalue weighted by atomic mass is 10.1. The molecule has 0 bridgehead atoms. The predicted octanol–water partition coefficient (Wildman–Crippen LogP) is 4.60. The third kappa shape index (κ3) is 9.45. The van der Waals surface area contributed by atoms with Crippen LogP contribution in [0.4, 0.5) is 0 Å². The second kappa shape index (κ2) is 12.0. The quantitative estimate of drug-likeness (QED) is 0.240. The maximum atomic E-state index is 10.6. The Kier molecular flexibility index (Phi) is 11.1. The molecule has 0 aliphatic carbocycles. The van der Waals surface area contributed by atoms with Gasteiger partial charge in [-0.2, -0.15) is 0 Å². The van der Waals surface area contributed by atoms with Crippen LogP contribution in [0.3, 0.4) is 0 Å². The summed E-state index contributed by atoms with van der Waals surface area (Å²) in [6.07, 6.45) is 18.2. The number of unbranched alkanes of at least 4 members (excludes halogenated alkanes) is 5. The van der Waals surface area contributed by atoms with Crippen molar-refractivity contribution in [2.75, 3.05) is 0 Å². The molecule has 1 nitrogen and oxygen atoms in total. The van der Waals surface area contributed by atoms with Gasteiger partial charge in [0.1, 0.15) is 6.29 Å². The minimum absolute atomic E-state index is 0.727. The van der Waals surface area contributed by atoms with Gasteiger partial charge in [-0.15, -0.1) is 0 Å². The normalized spacial score (nSPS) is 12.8. The highest BCUT2D eigenvalue weighted by molar-refractivity contribution is 5.77. The Bertz CT molecular complexity index is 246.